The Morgan fingerprint density at radius 2 is 1.76 bits per heavy atom. The van der Waals surface area contributed by atoms with Crippen LogP contribution in [0, 0.1) is 17.6 Å². The number of likely N-dealkylation sites (tertiary alicyclic amines) is 1. The number of carbonyl (C=O) groups is 3. The standard InChI is InChI=1S/C35H41ClF2N8O4/c1-21(39)27(18-40-10-16-50-4)24-7-8-26(31(38)30(24)37)29-19-41-32(44(29)3)33(47)42-23-5-6-25(28(36)17-23)35(49)46-14-12-45(13-15-46)34(48)22-9-11-43(2)20-22/h5-8,17-19,22H,9-16,20,39H2,1-4H3,(H,42,47)/b27-21+,40-18?. The number of nitrogens with zero attached hydrogens (tertiary/aromatic N) is 6. The molecule has 2 saturated heterocycles. The summed E-state index contributed by atoms with van der Waals surface area (Å²) in [4.78, 5) is 53.4. The monoisotopic (exact) mass is 710 g/mol. The second-order valence-electron chi connectivity index (χ2n) is 12.5. The smallest absolute Gasteiger partial charge is 0.291 e. The maximum absolute atomic E-state index is 15.5. The molecule has 12 nitrogen and oxygen atoms in total. The number of imidazole rings is 1. The van der Waals surface area contributed by atoms with Crippen molar-refractivity contribution in [3.8, 4) is 11.3 Å². The molecular weight excluding hydrogens is 670 g/mol. The highest BCUT2D eigenvalue weighted by Gasteiger charge is 2.33. The van der Waals surface area contributed by atoms with Gasteiger partial charge in [-0.2, -0.15) is 0 Å². The molecule has 266 valence electrons. The lowest BCUT2D eigenvalue weighted by molar-refractivity contribution is -0.136. The average molecular weight is 711 g/mol. The molecule has 3 amide bonds. The number of aliphatic imine (C=N–C) groups is 1. The van der Waals surface area contributed by atoms with Crippen LogP contribution in [0.15, 0.2) is 47.2 Å². The van der Waals surface area contributed by atoms with Gasteiger partial charge in [0.2, 0.25) is 5.91 Å². The predicted molar refractivity (Wildman–Crippen MR) is 188 cm³/mol. The Hall–Kier alpha value is -4.66. The van der Waals surface area contributed by atoms with Crippen LogP contribution in [0.25, 0.3) is 16.8 Å². The molecule has 0 radical (unpaired) electrons. The van der Waals surface area contributed by atoms with E-state index in [9.17, 15) is 14.4 Å². The van der Waals surface area contributed by atoms with Gasteiger partial charge in [-0.15, -0.1) is 0 Å². The molecule has 0 aliphatic carbocycles. The van der Waals surface area contributed by atoms with Crippen molar-refractivity contribution >= 4 is 46.8 Å². The van der Waals surface area contributed by atoms with Crippen LogP contribution >= 0.6 is 11.6 Å². The van der Waals surface area contributed by atoms with Crippen LogP contribution in [0.4, 0.5) is 14.5 Å². The van der Waals surface area contributed by atoms with Crippen molar-refractivity contribution in [2.45, 2.75) is 13.3 Å². The van der Waals surface area contributed by atoms with E-state index in [1.807, 2.05) is 11.9 Å². The van der Waals surface area contributed by atoms with Crippen LogP contribution in [0.1, 0.15) is 39.9 Å². The van der Waals surface area contributed by atoms with Crippen LogP contribution in [0.3, 0.4) is 0 Å². The normalized spacial score (nSPS) is 17.4. The maximum Gasteiger partial charge on any atom is 0.291 e. The molecular formula is C35H41ClF2N8O4. The first-order chi connectivity index (χ1) is 23.9. The van der Waals surface area contributed by atoms with Crippen molar-refractivity contribution in [3.05, 3.63) is 75.8 Å². The number of methoxy groups -OCH3 is 1. The summed E-state index contributed by atoms with van der Waals surface area (Å²) in [7, 11) is 5.05. The largest absolute Gasteiger partial charge is 0.402 e. The van der Waals surface area contributed by atoms with E-state index in [1.165, 1.54) is 55.4 Å². The molecule has 3 N–H and O–H groups in total. The van der Waals surface area contributed by atoms with Gasteiger partial charge >= 0.3 is 0 Å². The summed E-state index contributed by atoms with van der Waals surface area (Å²) in [5.74, 6) is -3.08. The Bertz CT molecular complexity index is 1830. The highest BCUT2D eigenvalue weighted by molar-refractivity contribution is 6.34. The SMILES string of the molecule is COCCN=C/C(=C(/C)N)c1ccc(-c2cnc(C(=O)Nc3ccc(C(=O)N4CCN(C(=O)C5CCN(C)C5)CC4)c(Cl)c3)n2C)c(F)c1F. The Morgan fingerprint density at radius 1 is 1.06 bits per heavy atom. The molecule has 2 aliphatic rings. The molecule has 15 heteroatoms. The lowest BCUT2D eigenvalue weighted by atomic mass is 10.0. The van der Waals surface area contributed by atoms with E-state index < -0.39 is 17.5 Å². The minimum atomic E-state index is -1.14. The van der Waals surface area contributed by atoms with E-state index in [4.69, 9.17) is 22.1 Å². The minimum absolute atomic E-state index is 0.00176. The lowest BCUT2D eigenvalue weighted by Gasteiger charge is -2.36. The number of ether oxygens (including phenoxy) is 1. The van der Waals surface area contributed by atoms with Crippen LogP contribution in [-0.2, 0) is 16.6 Å². The van der Waals surface area contributed by atoms with Gasteiger partial charge in [-0.05, 0) is 51.2 Å². The van der Waals surface area contributed by atoms with Crippen LogP contribution in [0.2, 0.25) is 5.02 Å². The second-order valence-corrected chi connectivity index (χ2v) is 12.9. The number of anilines is 1. The number of carbonyl (C=O) groups excluding carboxylic acids is 3. The third-order valence-electron chi connectivity index (χ3n) is 8.99. The van der Waals surface area contributed by atoms with Crippen molar-refractivity contribution < 1.29 is 27.9 Å². The fourth-order valence-corrected chi connectivity index (χ4v) is 6.42. The van der Waals surface area contributed by atoms with Crippen molar-refractivity contribution in [3.63, 3.8) is 0 Å². The van der Waals surface area contributed by atoms with Gasteiger partial charge in [0, 0.05) is 81.2 Å². The molecule has 0 bridgehead atoms. The molecule has 2 aliphatic heterocycles. The fraction of sp³-hybridized carbons (Fsp3) is 0.400. The van der Waals surface area contributed by atoms with Crippen LogP contribution < -0.4 is 11.1 Å². The number of piperazine rings is 1. The summed E-state index contributed by atoms with van der Waals surface area (Å²) in [6, 6.07) is 7.33. The van der Waals surface area contributed by atoms with Crippen molar-refractivity contribution in [2.75, 3.05) is 71.9 Å². The summed E-state index contributed by atoms with van der Waals surface area (Å²) in [6.45, 7) is 5.61. The number of nitrogens with one attached hydrogen (secondary N) is 1. The van der Waals surface area contributed by atoms with Crippen LogP contribution in [-0.4, -0.2) is 115 Å². The van der Waals surface area contributed by atoms with Gasteiger partial charge in [-0.1, -0.05) is 17.7 Å². The number of allylic oxidation sites excluding steroid dienone is 2. The molecule has 1 unspecified atom stereocenters. The van der Waals surface area contributed by atoms with Crippen molar-refractivity contribution in [2.24, 2.45) is 23.7 Å². The van der Waals surface area contributed by atoms with E-state index in [0.717, 1.165) is 19.5 Å². The van der Waals surface area contributed by atoms with Gasteiger partial charge < -0.3 is 35.1 Å². The van der Waals surface area contributed by atoms with Gasteiger partial charge in [0.15, 0.2) is 17.5 Å². The van der Waals surface area contributed by atoms with Gasteiger partial charge in [0.05, 0.1) is 41.5 Å². The summed E-state index contributed by atoms with van der Waals surface area (Å²) in [6.07, 6.45) is 3.51. The quantitative estimate of drug-likeness (QED) is 0.240. The lowest BCUT2D eigenvalue weighted by Crippen LogP contribution is -2.52. The molecule has 0 spiro atoms. The van der Waals surface area contributed by atoms with Gasteiger partial charge in [-0.25, -0.2) is 13.8 Å². The summed E-state index contributed by atoms with van der Waals surface area (Å²) in [5.41, 5.74) is 7.02. The van der Waals surface area contributed by atoms with Gasteiger partial charge in [-0.3, -0.25) is 19.4 Å². The third kappa shape index (κ3) is 7.87. The Labute approximate surface area is 294 Å². The molecule has 50 heavy (non-hydrogen) atoms. The predicted octanol–water partition coefficient (Wildman–Crippen LogP) is 3.91. The Kier molecular flexibility index (Phi) is 11.7. The number of aromatic nitrogens is 2. The number of halogens is 3. The first-order valence-electron chi connectivity index (χ1n) is 16.2. The second kappa shape index (κ2) is 15.9. The highest BCUT2D eigenvalue weighted by Crippen LogP contribution is 2.30. The number of rotatable bonds is 10. The first kappa shape index (κ1) is 36.6. The molecule has 1 atom stereocenters. The molecule has 1 aromatic heterocycles. The number of benzene rings is 2. The van der Waals surface area contributed by atoms with Gasteiger partial charge in [0.25, 0.3) is 11.8 Å². The Morgan fingerprint density at radius 3 is 2.40 bits per heavy atom. The van der Waals surface area contributed by atoms with Gasteiger partial charge in [0.1, 0.15) is 0 Å². The Balaban J connectivity index is 1.24. The average Bonchev–Trinajstić information content (AvgIpc) is 3.71. The molecule has 3 heterocycles. The summed E-state index contributed by atoms with van der Waals surface area (Å²) in [5, 5.41) is 2.84. The van der Waals surface area contributed by atoms with Crippen molar-refractivity contribution in [1.82, 2.24) is 24.3 Å². The summed E-state index contributed by atoms with van der Waals surface area (Å²) >= 11 is 6.51. The molecule has 5 rings (SSSR count). The number of nitrogens with two attached hydrogens (primary N) is 1. The van der Waals surface area contributed by atoms with Crippen molar-refractivity contribution in [1.29, 1.82) is 0 Å². The van der Waals surface area contributed by atoms with E-state index in [0.29, 0.717) is 45.0 Å². The fourth-order valence-electron chi connectivity index (χ4n) is 6.16. The van der Waals surface area contributed by atoms with E-state index in [-0.39, 0.29) is 62.2 Å². The van der Waals surface area contributed by atoms with E-state index in [1.54, 1.807) is 17.9 Å². The van der Waals surface area contributed by atoms with E-state index in [2.05, 4.69) is 20.2 Å². The zero-order chi connectivity index (χ0) is 36.1. The maximum atomic E-state index is 15.5. The topological polar surface area (TPSA) is 138 Å². The summed E-state index contributed by atoms with van der Waals surface area (Å²) < 4.78 is 37.1. The number of hydrogen-bond acceptors (Lipinski definition) is 8. The van der Waals surface area contributed by atoms with E-state index >= 15 is 8.78 Å². The molecule has 2 fully saturated rings. The number of amides is 3. The highest BCUT2D eigenvalue weighted by atomic mass is 35.5. The molecule has 2 aromatic carbocycles. The third-order valence-corrected chi connectivity index (χ3v) is 9.30. The molecule has 3 aromatic rings. The molecule has 0 saturated carbocycles. The first-order valence-corrected chi connectivity index (χ1v) is 16.6. The van der Waals surface area contributed by atoms with Crippen LogP contribution in [0.5, 0.6) is 0 Å². The zero-order valence-electron chi connectivity index (χ0n) is 28.5. The zero-order valence-corrected chi connectivity index (χ0v) is 29.3. The minimum Gasteiger partial charge on any atom is -0.402 e. The number of hydrogen-bond donors (Lipinski definition) is 2.